The second-order valence-corrected chi connectivity index (χ2v) is 5.30. The highest BCUT2D eigenvalue weighted by molar-refractivity contribution is 5.86. The fourth-order valence-corrected chi connectivity index (χ4v) is 2.89. The van der Waals surface area contributed by atoms with Gasteiger partial charge in [-0.1, -0.05) is 47.6 Å². The van der Waals surface area contributed by atoms with E-state index < -0.39 is 0 Å². The van der Waals surface area contributed by atoms with Gasteiger partial charge in [0, 0.05) is 12.7 Å². The van der Waals surface area contributed by atoms with Gasteiger partial charge in [-0.05, 0) is 39.8 Å². The van der Waals surface area contributed by atoms with Crippen molar-refractivity contribution in [3.8, 4) is 0 Å². The summed E-state index contributed by atoms with van der Waals surface area (Å²) >= 11 is 0. The van der Waals surface area contributed by atoms with Crippen LogP contribution >= 0.6 is 0 Å². The third-order valence-corrected chi connectivity index (χ3v) is 4.11. The van der Waals surface area contributed by atoms with Gasteiger partial charge in [-0.3, -0.25) is 0 Å². The molecule has 0 saturated heterocycles. The predicted molar refractivity (Wildman–Crippen MR) is 82.1 cm³/mol. The molecule has 1 aliphatic rings. The van der Waals surface area contributed by atoms with Crippen LogP contribution in [0, 0.1) is 0 Å². The van der Waals surface area contributed by atoms with E-state index in [1.54, 1.807) is 0 Å². The number of anilines is 1. The Morgan fingerprint density at radius 3 is 2.76 bits per heavy atom. The zero-order chi connectivity index (χ0) is 14.4. The minimum atomic E-state index is 0.0253. The zero-order valence-corrected chi connectivity index (χ0v) is 11.9. The molecule has 4 rings (SSSR count). The van der Waals surface area contributed by atoms with Crippen molar-refractivity contribution < 1.29 is 0 Å². The zero-order valence-electron chi connectivity index (χ0n) is 11.9. The van der Waals surface area contributed by atoms with Crippen LogP contribution in [0.5, 0.6) is 0 Å². The summed E-state index contributed by atoms with van der Waals surface area (Å²) in [4.78, 5) is 2.00. The molecule has 2 aromatic carbocycles. The molecule has 0 fully saturated rings. The molecule has 5 nitrogen and oxygen atoms in total. The number of hydrogen-bond donors (Lipinski definition) is 0. The van der Waals surface area contributed by atoms with Crippen molar-refractivity contribution in [1.29, 1.82) is 0 Å². The fourth-order valence-electron chi connectivity index (χ4n) is 2.89. The van der Waals surface area contributed by atoms with Crippen LogP contribution in [0.25, 0.3) is 10.8 Å². The Morgan fingerprint density at radius 1 is 1.05 bits per heavy atom. The molecule has 1 aliphatic heterocycles. The minimum Gasteiger partial charge on any atom is -0.317 e. The van der Waals surface area contributed by atoms with Crippen LogP contribution in [-0.2, 0) is 0 Å². The summed E-state index contributed by atoms with van der Waals surface area (Å²) in [6.07, 6.45) is 2.20. The molecule has 21 heavy (non-hydrogen) atoms. The van der Waals surface area contributed by atoms with E-state index >= 15 is 0 Å². The molecule has 0 spiro atoms. The molecule has 0 N–H and O–H groups in total. The first-order chi connectivity index (χ1) is 10.3. The largest absolute Gasteiger partial charge is 0.317 e. The molecular weight excluding hydrogens is 262 g/mol. The number of nitrogens with zero attached hydrogens (tertiary/aromatic N) is 5. The Bertz CT molecular complexity index is 843. The van der Waals surface area contributed by atoms with Crippen LogP contribution in [0.2, 0.25) is 0 Å². The Hall–Kier alpha value is -2.69. The van der Waals surface area contributed by atoms with Gasteiger partial charge in [-0.2, -0.15) is 4.68 Å². The van der Waals surface area contributed by atoms with Crippen molar-refractivity contribution in [2.45, 2.75) is 13.0 Å². The predicted octanol–water partition coefficient (Wildman–Crippen LogP) is 2.77. The maximum atomic E-state index is 4.18. The summed E-state index contributed by atoms with van der Waals surface area (Å²) in [5, 5.41) is 14.6. The number of aromatic nitrogens is 4. The smallest absolute Gasteiger partial charge is 0.250 e. The topological polar surface area (TPSA) is 46.8 Å². The molecule has 0 radical (unpaired) electrons. The van der Waals surface area contributed by atoms with Crippen molar-refractivity contribution in [2.24, 2.45) is 0 Å². The average Bonchev–Trinajstić information content (AvgIpc) is 3.00. The Morgan fingerprint density at radius 2 is 1.86 bits per heavy atom. The molecule has 1 aromatic heterocycles. The molecule has 0 amide bonds. The van der Waals surface area contributed by atoms with E-state index in [-0.39, 0.29) is 6.04 Å². The molecule has 0 saturated carbocycles. The van der Waals surface area contributed by atoms with Gasteiger partial charge in [0.1, 0.15) is 6.04 Å². The van der Waals surface area contributed by atoms with Crippen molar-refractivity contribution in [3.63, 3.8) is 0 Å². The quantitative estimate of drug-likeness (QED) is 0.686. The number of benzene rings is 2. The van der Waals surface area contributed by atoms with Gasteiger partial charge in [-0.25, -0.2) is 0 Å². The first-order valence-electron chi connectivity index (χ1n) is 6.93. The lowest BCUT2D eigenvalue weighted by molar-refractivity contribution is 0.569. The Balaban J connectivity index is 1.97. The van der Waals surface area contributed by atoms with Crippen molar-refractivity contribution in [2.75, 3.05) is 11.9 Å². The Labute approximate surface area is 122 Å². The third kappa shape index (κ3) is 1.74. The van der Waals surface area contributed by atoms with Crippen LogP contribution in [0.1, 0.15) is 18.5 Å². The minimum absolute atomic E-state index is 0.0253. The van der Waals surface area contributed by atoms with Gasteiger partial charge in [0.05, 0.1) is 0 Å². The molecule has 5 heteroatoms. The number of fused-ring (bicyclic) bond motifs is 2. The summed E-state index contributed by atoms with van der Waals surface area (Å²) in [7, 11) is 1.98. The van der Waals surface area contributed by atoms with Crippen molar-refractivity contribution in [1.82, 2.24) is 20.2 Å². The number of hydrogen-bond acceptors (Lipinski definition) is 4. The molecule has 104 valence electrons. The number of tetrazole rings is 1. The van der Waals surface area contributed by atoms with E-state index in [0.29, 0.717) is 0 Å². The summed E-state index contributed by atoms with van der Waals surface area (Å²) in [6, 6.07) is 14.8. The maximum Gasteiger partial charge on any atom is 0.250 e. The summed E-state index contributed by atoms with van der Waals surface area (Å²) in [6.45, 7) is 2.08. The van der Waals surface area contributed by atoms with Crippen molar-refractivity contribution in [3.05, 3.63) is 59.8 Å². The highest BCUT2D eigenvalue weighted by Gasteiger charge is 2.26. The summed E-state index contributed by atoms with van der Waals surface area (Å²) in [5.41, 5.74) is 2.37. The van der Waals surface area contributed by atoms with E-state index in [1.165, 1.54) is 16.3 Å². The molecule has 1 atom stereocenters. The first kappa shape index (κ1) is 12.1. The molecule has 0 bridgehead atoms. The van der Waals surface area contributed by atoms with Crippen LogP contribution in [0.3, 0.4) is 0 Å². The second-order valence-electron chi connectivity index (χ2n) is 5.30. The Kier molecular flexibility index (Phi) is 2.54. The lowest BCUT2D eigenvalue weighted by Gasteiger charge is -2.28. The van der Waals surface area contributed by atoms with E-state index in [4.69, 9.17) is 0 Å². The normalized spacial score (nSPS) is 17.7. The van der Waals surface area contributed by atoms with Crippen LogP contribution in [0.15, 0.2) is 54.2 Å². The molecule has 0 aliphatic carbocycles. The van der Waals surface area contributed by atoms with Gasteiger partial charge >= 0.3 is 0 Å². The molecule has 3 aromatic rings. The van der Waals surface area contributed by atoms with Crippen LogP contribution in [0.4, 0.5) is 5.95 Å². The van der Waals surface area contributed by atoms with Gasteiger partial charge in [0.15, 0.2) is 0 Å². The second kappa shape index (κ2) is 4.41. The standard InChI is InChI=1S/C16H15N5/c1-11-10-15(21-16(20(11)2)17-18-19-21)14-9-5-7-12-6-3-4-8-13(12)14/h3-10,15H,1-2H3. The van der Waals surface area contributed by atoms with E-state index in [1.807, 2.05) is 16.6 Å². The number of allylic oxidation sites excluding steroid dienone is 2. The van der Waals surface area contributed by atoms with E-state index in [0.717, 1.165) is 11.6 Å². The van der Waals surface area contributed by atoms with Crippen LogP contribution < -0.4 is 4.90 Å². The van der Waals surface area contributed by atoms with Crippen molar-refractivity contribution >= 4 is 16.7 Å². The molecular formula is C16H15N5. The van der Waals surface area contributed by atoms with Gasteiger partial charge in [0.25, 0.3) is 0 Å². The molecule has 1 unspecified atom stereocenters. The monoisotopic (exact) mass is 277 g/mol. The molecule has 2 heterocycles. The summed E-state index contributed by atoms with van der Waals surface area (Å²) in [5.74, 6) is 0.771. The van der Waals surface area contributed by atoms with Crippen LogP contribution in [-0.4, -0.2) is 27.3 Å². The van der Waals surface area contributed by atoms with Gasteiger partial charge in [-0.15, -0.1) is 0 Å². The summed E-state index contributed by atoms with van der Waals surface area (Å²) < 4.78 is 1.87. The van der Waals surface area contributed by atoms with E-state index in [2.05, 4.69) is 71.0 Å². The SMILES string of the molecule is CC1=CC(c2cccc3ccccc23)n2nnnc2N1C. The average molecular weight is 277 g/mol. The lowest BCUT2D eigenvalue weighted by atomic mass is 9.97. The van der Waals surface area contributed by atoms with Gasteiger partial charge in [0.2, 0.25) is 5.95 Å². The highest BCUT2D eigenvalue weighted by atomic mass is 15.6. The lowest BCUT2D eigenvalue weighted by Crippen LogP contribution is -2.27. The first-order valence-corrected chi connectivity index (χ1v) is 6.93. The van der Waals surface area contributed by atoms with Gasteiger partial charge < -0.3 is 4.90 Å². The highest BCUT2D eigenvalue weighted by Crippen LogP contribution is 2.34. The third-order valence-electron chi connectivity index (χ3n) is 4.11. The maximum absolute atomic E-state index is 4.18. The number of rotatable bonds is 1. The van der Waals surface area contributed by atoms with E-state index in [9.17, 15) is 0 Å². The fraction of sp³-hybridized carbons (Fsp3) is 0.188.